The highest BCUT2D eigenvalue weighted by Crippen LogP contribution is 2.42. The van der Waals surface area contributed by atoms with Gasteiger partial charge in [-0.15, -0.1) is 0 Å². The van der Waals surface area contributed by atoms with Crippen molar-refractivity contribution >= 4 is 40.7 Å². The number of nitrogens with zero attached hydrogens (tertiary/aromatic N) is 3. The molecule has 12 heteroatoms. The van der Waals surface area contributed by atoms with Crippen molar-refractivity contribution in [2.24, 2.45) is 4.99 Å². The standard InChI is InChI=1S/C39H36N4O8/c1-6-39(48)16-31(44)51-19-27-28(39)15-30-35-26(18-43(30)36(27)45)25(24-12-7-8-13-29(24)42-35)17-40-23-11-9-10-22(14-23)34-32(37(46)49-4)20(2)41-21(3)33(34)38(47)50-5/h7-15,17,34,41,48H,6,16,18-19H2,1-5H3. The lowest BCUT2D eigenvalue weighted by Crippen LogP contribution is -2.32. The zero-order valence-electron chi connectivity index (χ0n) is 28.8. The maximum absolute atomic E-state index is 14.0. The molecule has 3 aliphatic heterocycles. The molecular weight excluding hydrogens is 652 g/mol. The van der Waals surface area contributed by atoms with Gasteiger partial charge in [-0.1, -0.05) is 37.3 Å². The molecule has 0 aliphatic carbocycles. The molecule has 0 radical (unpaired) electrons. The van der Waals surface area contributed by atoms with E-state index in [0.717, 1.165) is 16.5 Å². The predicted molar refractivity (Wildman–Crippen MR) is 188 cm³/mol. The summed E-state index contributed by atoms with van der Waals surface area (Å²) in [5.41, 5.74) is 4.97. The monoisotopic (exact) mass is 688 g/mol. The number of ether oxygens (including phenoxy) is 3. The predicted octanol–water partition coefficient (Wildman–Crippen LogP) is 4.80. The molecule has 2 aromatic heterocycles. The van der Waals surface area contributed by atoms with Crippen LogP contribution in [-0.4, -0.2) is 53.0 Å². The number of carbonyl (C=O) groups is 3. The highest BCUT2D eigenvalue weighted by atomic mass is 16.5. The zero-order valence-corrected chi connectivity index (χ0v) is 28.8. The van der Waals surface area contributed by atoms with Crippen molar-refractivity contribution in [3.63, 3.8) is 0 Å². The van der Waals surface area contributed by atoms with E-state index in [1.54, 1.807) is 43.7 Å². The van der Waals surface area contributed by atoms with Gasteiger partial charge in [0, 0.05) is 34.1 Å². The van der Waals surface area contributed by atoms with E-state index < -0.39 is 29.4 Å². The van der Waals surface area contributed by atoms with Gasteiger partial charge in [-0.25, -0.2) is 14.6 Å². The van der Waals surface area contributed by atoms with Crippen LogP contribution < -0.4 is 10.9 Å². The van der Waals surface area contributed by atoms with Gasteiger partial charge in [-0.3, -0.25) is 14.6 Å². The summed E-state index contributed by atoms with van der Waals surface area (Å²) in [6.45, 7) is 5.25. The van der Waals surface area contributed by atoms with E-state index in [4.69, 9.17) is 24.2 Å². The number of para-hydroxylation sites is 1. The van der Waals surface area contributed by atoms with Crippen LogP contribution in [0.3, 0.4) is 0 Å². The van der Waals surface area contributed by atoms with Crippen molar-refractivity contribution < 1.29 is 33.7 Å². The van der Waals surface area contributed by atoms with Gasteiger partial charge in [0.1, 0.15) is 12.2 Å². The van der Waals surface area contributed by atoms with E-state index >= 15 is 0 Å². The van der Waals surface area contributed by atoms with Crippen molar-refractivity contribution in [3.05, 3.63) is 115 Å². The number of carbonyl (C=O) groups excluding carboxylic acids is 3. The third-order valence-electron chi connectivity index (χ3n) is 10.0. The Labute approximate surface area is 293 Å². The molecule has 7 rings (SSSR count). The Balaban J connectivity index is 1.35. The number of aliphatic hydroxyl groups is 1. The molecule has 12 nitrogen and oxygen atoms in total. The first-order valence-corrected chi connectivity index (χ1v) is 16.6. The van der Waals surface area contributed by atoms with Gasteiger partial charge in [0.25, 0.3) is 5.56 Å². The van der Waals surface area contributed by atoms with Crippen LogP contribution in [0.2, 0.25) is 0 Å². The summed E-state index contributed by atoms with van der Waals surface area (Å²) in [7, 11) is 2.59. The minimum Gasteiger partial charge on any atom is -0.466 e. The van der Waals surface area contributed by atoms with Crippen molar-refractivity contribution in [2.75, 3.05) is 14.2 Å². The molecule has 0 saturated carbocycles. The molecule has 0 saturated heterocycles. The summed E-state index contributed by atoms with van der Waals surface area (Å²) in [5, 5.41) is 15.5. The van der Waals surface area contributed by atoms with Gasteiger partial charge in [0.2, 0.25) is 0 Å². The van der Waals surface area contributed by atoms with E-state index in [-0.39, 0.29) is 48.3 Å². The highest BCUT2D eigenvalue weighted by molar-refractivity contribution is 6.03. The van der Waals surface area contributed by atoms with Crippen LogP contribution >= 0.6 is 0 Å². The first kappa shape index (κ1) is 33.6. The third-order valence-corrected chi connectivity index (χ3v) is 10.0. The van der Waals surface area contributed by atoms with Gasteiger partial charge in [0.15, 0.2) is 0 Å². The van der Waals surface area contributed by atoms with Gasteiger partial charge in [0.05, 0.1) is 72.4 Å². The molecule has 4 aromatic rings. The van der Waals surface area contributed by atoms with Crippen LogP contribution in [0.25, 0.3) is 22.3 Å². The topological polar surface area (TPSA) is 158 Å². The second-order valence-corrected chi connectivity index (χ2v) is 12.9. The third kappa shape index (κ3) is 5.52. The van der Waals surface area contributed by atoms with Crippen LogP contribution in [0.5, 0.6) is 0 Å². The minimum atomic E-state index is -1.55. The summed E-state index contributed by atoms with van der Waals surface area (Å²) in [4.78, 5) is 62.3. The molecule has 5 heterocycles. The molecule has 0 spiro atoms. The minimum absolute atomic E-state index is 0.197. The van der Waals surface area contributed by atoms with Crippen molar-refractivity contribution in [2.45, 2.75) is 58.3 Å². The summed E-state index contributed by atoms with van der Waals surface area (Å²) in [5.74, 6) is -2.48. The Kier molecular flexibility index (Phi) is 8.42. The Hall–Kier alpha value is -5.88. The summed E-state index contributed by atoms with van der Waals surface area (Å²) < 4.78 is 17.2. The molecule has 0 bridgehead atoms. The molecule has 51 heavy (non-hydrogen) atoms. The lowest BCUT2D eigenvalue weighted by atomic mass is 9.80. The number of aliphatic imine (C=N–C) groups is 1. The molecule has 260 valence electrons. The second-order valence-electron chi connectivity index (χ2n) is 12.9. The number of methoxy groups -OCH3 is 2. The van der Waals surface area contributed by atoms with Crippen molar-refractivity contribution in [3.8, 4) is 11.4 Å². The summed E-state index contributed by atoms with van der Waals surface area (Å²) >= 11 is 0. The highest BCUT2D eigenvalue weighted by Gasteiger charge is 2.40. The average Bonchev–Trinajstić information content (AvgIpc) is 3.44. The number of allylic oxidation sites excluding steroid dienone is 2. The Morgan fingerprint density at radius 2 is 1.75 bits per heavy atom. The first-order chi connectivity index (χ1) is 24.5. The number of hydrogen-bond acceptors (Lipinski definition) is 11. The van der Waals surface area contributed by atoms with E-state index in [0.29, 0.717) is 45.1 Å². The van der Waals surface area contributed by atoms with Crippen molar-refractivity contribution in [1.82, 2.24) is 14.9 Å². The number of rotatable bonds is 6. The number of cyclic esters (lactones) is 1. The lowest BCUT2D eigenvalue weighted by Gasteiger charge is -2.30. The van der Waals surface area contributed by atoms with E-state index in [9.17, 15) is 24.3 Å². The number of hydrogen-bond donors (Lipinski definition) is 2. The van der Waals surface area contributed by atoms with E-state index in [2.05, 4.69) is 5.32 Å². The SMILES string of the molecule is CCC1(O)CC(=O)OCc2c1cc1n(c2=O)Cc2c-1nc1ccccc1c2C=Nc1cccc(C2C(C(=O)OC)=C(C)NC(C)=C2C(=O)OC)c1. The van der Waals surface area contributed by atoms with E-state index in [1.807, 2.05) is 42.5 Å². The Morgan fingerprint density at radius 3 is 2.43 bits per heavy atom. The number of dihydropyridines is 1. The number of aromatic nitrogens is 2. The fourth-order valence-electron chi connectivity index (χ4n) is 7.42. The number of fused-ring (bicyclic) bond motifs is 5. The first-order valence-electron chi connectivity index (χ1n) is 16.6. The number of nitrogens with one attached hydrogen (secondary N) is 1. The van der Waals surface area contributed by atoms with Gasteiger partial charge >= 0.3 is 17.9 Å². The average molecular weight is 689 g/mol. The van der Waals surface area contributed by atoms with E-state index in [1.165, 1.54) is 14.2 Å². The maximum Gasteiger partial charge on any atom is 0.336 e. The normalized spacial score (nSPS) is 18.6. The maximum atomic E-state index is 14.0. The molecule has 1 unspecified atom stereocenters. The van der Waals surface area contributed by atoms with Crippen LogP contribution in [0.1, 0.15) is 67.3 Å². The summed E-state index contributed by atoms with van der Waals surface area (Å²) in [6.07, 6.45) is 1.71. The van der Waals surface area contributed by atoms with Crippen LogP contribution in [0, 0.1) is 0 Å². The molecule has 0 fully saturated rings. The Bertz CT molecular complexity index is 2300. The van der Waals surface area contributed by atoms with Crippen LogP contribution in [0.15, 0.2) is 86.9 Å². The molecular formula is C39H36N4O8. The largest absolute Gasteiger partial charge is 0.466 e. The molecule has 1 atom stereocenters. The fourth-order valence-corrected chi connectivity index (χ4v) is 7.42. The molecule has 3 aliphatic rings. The number of pyridine rings is 2. The van der Waals surface area contributed by atoms with Gasteiger partial charge in [-0.05, 0) is 55.7 Å². The quantitative estimate of drug-likeness (QED) is 0.144. The molecule has 2 N–H and O–H groups in total. The van der Waals surface area contributed by atoms with Crippen LogP contribution in [-0.2, 0) is 47.3 Å². The van der Waals surface area contributed by atoms with Gasteiger partial charge < -0.3 is 29.2 Å². The van der Waals surface area contributed by atoms with Crippen molar-refractivity contribution in [1.29, 1.82) is 0 Å². The Morgan fingerprint density at radius 1 is 1.04 bits per heavy atom. The summed E-state index contributed by atoms with van der Waals surface area (Å²) in [6, 6.07) is 16.6. The fraction of sp³-hybridized carbons (Fsp3) is 0.282. The second kappa shape index (κ2) is 12.8. The molecule has 0 amide bonds. The zero-order chi connectivity index (χ0) is 36.2. The smallest absolute Gasteiger partial charge is 0.336 e. The number of esters is 3. The lowest BCUT2D eigenvalue weighted by molar-refractivity contribution is -0.149. The molecule has 2 aromatic carbocycles. The number of benzene rings is 2. The van der Waals surface area contributed by atoms with Gasteiger partial charge in [-0.2, -0.15) is 0 Å². The van der Waals surface area contributed by atoms with Crippen LogP contribution in [0.4, 0.5) is 5.69 Å².